The van der Waals surface area contributed by atoms with Crippen molar-refractivity contribution in [3.05, 3.63) is 59.0 Å². The number of methoxy groups -OCH3 is 1. The normalized spacial score (nSPS) is 11.7. The maximum absolute atomic E-state index is 12.8. The molecule has 0 bridgehead atoms. The molecule has 0 spiro atoms. The molecule has 2 aromatic rings. The lowest BCUT2D eigenvalue weighted by Gasteiger charge is -2.14. The Morgan fingerprint density at radius 2 is 1.82 bits per heavy atom. The highest BCUT2D eigenvalue weighted by atomic mass is 32.2. The number of nitrogens with zero attached hydrogens (tertiary/aromatic N) is 1. The van der Waals surface area contributed by atoms with E-state index in [-0.39, 0.29) is 9.80 Å². The second-order valence-corrected chi connectivity index (χ2v) is 8.14. The number of ether oxygens (including phenoxy) is 2. The number of rotatable bonds is 10. The van der Waals surface area contributed by atoms with Crippen molar-refractivity contribution < 1.29 is 17.9 Å². The van der Waals surface area contributed by atoms with Crippen LogP contribution in [-0.4, -0.2) is 22.1 Å². The SMILES string of the molecule is CCCCCCOc1c(C=C(C#N)S(=O)(=O)c2ccccc2)cccc1OC. The van der Waals surface area contributed by atoms with E-state index in [1.807, 2.05) is 6.07 Å². The largest absolute Gasteiger partial charge is 0.493 e. The van der Waals surface area contributed by atoms with E-state index in [0.29, 0.717) is 23.7 Å². The van der Waals surface area contributed by atoms with Crippen molar-refractivity contribution >= 4 is 15.9 Å². The van der Waals surface area contributed by atoms with Gasteiger partial charge in [0.05, 0.1) is 18.6 Å². The molecule has 148 valence electrons. The average molecular weight is 400 g/mol. The van der Waals surface area contributed by atoms with Gasteiger partial charge < -0.3 is 9.47 Å². The molecule has 0 saturated carbocycles. The summed E-state index contributed by atoms with van der Waals surface area (Å²) < 4.78 is 36.9. The van der Waals surface area contributed by atoms with E-state index in [2.05, 4.69) is 6.92 Å². The van der Waals surface area contributed by atoms with Crippen LogP contribution in [0.3, 0.4) is 0 Å². The van der Waals surface area contributed by atoms with Crippen LogP contribution in [0, 0.1) is 11.3 Å². The van der Waals surface area contributed by atoms with Crippen LogP contribution in [0.4, 0.5) is 0 Å². The molecule has 0 aliphatic heterocycles. The Morgan fingerprint density at radius 3 is 2.46 bits per heavy atom. The Hall–Kier alpha value is -2.78. The number of benzene rings is 2. The summed E-state index contributed by atoms with van der Waals surface area (Å²) in [6.45, 7) is 2.63. The molecule has 0 amide bonds. The first-order valence-electron chi connectivity index (χ1n) is 9.26. The van der Waals surface area contributed by atoms with Gasteiger partial charge in [-0.25, -0.2) is 8.42 Å². The van der Waals surface area contributed by atoms with Crippen LogP contribution >= 0.6 is 0 Å². The van der Waals surface area contributed by atoms with E-state index < -0.39 is 9.84 Å². The van der Waals surface area contributed by atoms with E-state index in [9.17, 15) is 13.7 Å². The Labute approximate surface area is 167 Å². The van der Waals surface area contributed by atoms with Gasteiger partial charge in [0.15, 0.2) is 11.5 Å². The third-order valence-electron chi connectivity index (χ3n) is 4.21. The Balaban J connectivity index is 2.38. The summed E-state index contributed by atoms with van der Waals surface area (Å²) >= 11 is 0. The first-order valence-corrected chi connectivity index (χ1v) is 10.7. The van der Waals surface area contributed by atoms with Gasteiger partial charge in [-0.1, -0.05) is 56.5 Å². The Bertz CT molecular complexity index is 944. The second-order valence-electron chi connectivity index (χ2n) is 6.22. The van der Waals surface area contributed by atoms with Gasteiger partial charge in [0.2, 0.25) is 9.84 Å². The minimum absolute atomic E-state index is 0.0766. The number of sulfone groups is 1. The fourth-order valence-electron chi connectivity index (χ4n) is 2.70. The molecular weight excluding hydrogens is 374 g/mol. The van der Waals surface area contributed by atoms with Crippen molar-refractivity contribution in [3.63, 3.8) is 0 Å². The number of nitriles is 1. The van der Waals surface area contributed by atoms with Crippen LogP contribution in [-0.2, 0) is 9.84 Å². The predicted octanol–water partition coefficient (Wildman–Crippen LogP) is 4.99. The zero-order valence-corrected chi connectivity index (χ0v) is 17.0. The number of hydrogen-bond donors (Lipinski definition) is 0. The van der Waals surface area contributed by atoms with Crippen molar-refractivity contribution in [2.24, 2.45) is 0 Å². The van der Waals surface area contributed by atoms with Crippen LogP contribution in [0.5, 0.6) is 11.5 Å². The standard InChI is InChI=1S/C22H25NO4S/c1-3-4-5-9-15-27-22-18(11-10-14-21(22)26-2)16-20(17-23)28(24,25)19-12-7-6-8-13-19/h6-8,10-14,16H,3-5,9,15H2,1-2H3. The van der Waals surface area contributed by atoms with Gasteiger partial charge >= 0.3 is 0 Å². The van der Waals surface area contributed by atoms with Gasteiger partial charge in [-0.3, -0.25) is 0 Å². The lowest BCUT2D eigenvalue weighted by molar-refractivity contribution is 0.284. The van der Waals surface area contributed by atoms with Crippen LogP contribution in [0.15, 0.2) is 58.3 Å². The molecule has 28 heavy (non-hydrogen) atoms. The van der Waals surface area contributed by atoms with Crippen molar-refractivity contribution in [2.75, 3.05) is 13.7 Å². The monoisotopic (exact) mass is 399 g/mol. The maximum Gasteiger partial charge on any atom is 0.216 e. The van der Waals surface area contributed by atoms with Crippen LogP contribution in [0.2, 0.25) is 0 Å². The molecule has 2 rings (SSSR count). The molecule has 0 N–H and O–H groups in total. The fraction of sp³-hybridized carbons (Fsp3) is 0.318. The summed E-state index contributed by atoms with van der Waals surface area (Å²) in [6, 6.07) is 14.9. The molecule has 0 aromatic heterocycles. The summed E-state index contributed by atoms with van der Waals surface area (Å²) in [4.78, 5) is -0.268. The molecule has 0 aliphatic rings. The quantitative estimate of drug-likeness (QED) is 0.415. The topological polar surface area (TPSA) is 76.4 Å². The molecule has 0 radical (unpaired) electrons. The van der Waals surface area contributed by atoms with Crippen molar-refractivity contribution in [2.45, 2.75) is 37.5 Å². The van der Waals surface area contributed by atoms with Crippen LogP contribution < -0.4 is 9.47 Å². The van der Waals surface area contributed by atoms with Crippen LogP contribution in [0.25, 0.3) is 6.08 Å². The Morgan fingerprint density at radius 1 is 1.07 bits per heavy atom. The second kappa shape index (κ2) is 10.5. The highest BCUT2D eigenvalue weighted by Gasteiger charge is 2.21. The van der Waals surface area contributed by atoms with Gasteiger partial charge in [-0.15, -0.1) is 0 Å². The predicted molar refractivity (Wildman–Crippen MR) is 110 cm³/mol. The molecule has 0 atom stereocenters. The summed E-state index contributed by atoms with van der Waals surface area (Å²) in [7, 11) is -2.39. The van der Waals surface area contributed by atoms with E-state index in [4.69, 9.17) is 9.47 Å². The van der Waals surface area contributed by atoms with Crippen molar-refractivity contribution in [1.82, 2.24) is 0 Å². The lowest BCUT2D eigenvalue weighted by atomic mass is 10.1. The minimum Gasteiger partial charge on any atom is -0.493 e. The van der Waals surface area contributed by atoms with Gasteiger partial charge in [-0.05, 0) is 30.7 Å². The highest BCUT2D eigenvalue weighted by molar-refractivity contribution is 7.95. The molecule has 0 aliphatic carbocycles. The third kappa shape index (κ3) is 5.37. The van der Waals surface area contributed by atoms with Gasteiger partial charge in [-0.2, -0.15) is 5.26 Å². The minimum atomic E-state index is -3.91. The molecule has 2 aromatic carbocycles. The van der Waals surface area contributed by atoms with Crippen LogP contribution in [0.1, 0.15) is 38.2 Å². The molecule has 5 nitrogen and oxygen atoms in total. The first kappa shape index (κ1) is 21.5. The number of hydrogen-bond acceptors (Lipinski definition) is 5. The Kier molecular flexibility index (Phi) is 8.09. The molecule has 0 heterocycles. The molecular formula is C22H25NO4S. The molecule has 0 fully saturated rings. The van der Waals surface area contributed by atoms with Gasteiger partial charge in [0, 0.05) is 5.56 Å². The van der Waals surface area contributed by atoms with Gasteiger partial charge in [0.1, 0.15) is 11.0 Å². The van der Waals surface area contributed by atoms with E-state index in [1.165, 1.54) is 25.3 Å². The average Bonchev–Trinajstić information content (AvgIpc) is 2.72. The number of unbranched alkanes of at least 4 members (excludes halogenated alkanes) is 3. The zero-order chi connectivity index (χ0) is 20.4. The fourth-order valence-corrected chi connectivity index (χ4v) is 3.87. The lowest BCUT2D eigenvalue weighted by Crippen LogP contribution is -2.04. The van der Waals surface area contributed by atoms with E-state index in [1.54, 1.807) is 36.4 Å². The summed E-state index contributed by atoms with van der Waals surface area (Å²) in [6.07, 6.45) is 5.55. The smallest absolute Gasteiger partial charge is 0.216 e. The zero-order valence-electron chi connectivity index (χ0n) is 16.2. The highest BCUT2D eigenvalue weighted by Crippen LogP contribution is 2.34. The number of allylic oxidation sites excluding steroid dienone is 1. The number of para-hydroxylation sites is 1. The summed E-state index contributed by atoms with van der Waals surface area (Å²) in [5.41, 5.74) is 0.492. The third-order valence-corrected chi connectivity index (χ3v) is 5.89. The molecule has 0 unspecified atom stereocenters. The van der Waals surface area contributed by atoms with E-state index in [0.717, 1.165) is 25.7 Å². The summed E-state index contributed by atoms with van der Waals surface area (Å²) in [5.74, 6) is 0.941. The van der Waals surface area contributed by atoms with Gasteiger partial charge in [0.25, 0.3) is 0 Å². The maximum atomic E-state index is 12.8. The summed E-state index contributed by atoms with van der Waals surface area (Å²) in [5, 5.41) is 9.51. The van der Waals surface area contributed by atoms with E-state index >= 15 is 0 Å². The first-order chi connectivity index (χ1) is 13.5. The molecule has 0 saturated heterocycles. The van der Waals surface area contributed by atoms with Crippen molar-refractivity contribution in [1.29, 1.82) is 5.26 Å². The van der Waals surface area contributed by atoms with Crippen molar-refractivity contribution in [3.8, 4) is 17.6 Å². The molecule has 6 heteroatoms.